The Morgan fingerprint density at radius 1 is 0.473 bits per heavy atom. The second-order valence-corrected chi connectivity index (χ2v) is 16.5. The van der Waals surface area contributed by atoms with Crippen molar-refractivity contribution >= 4 is 0 Å². The molecule has 1 unspecified atom stereocenters. The van der Waals surface area contributed by atoms with Crippen LogP contribution in [0.1, 0.15) is 71.9 Å². The maximum Gasteiger partial charge on any atom is 0.164 e. The Labute approximate surface area is 322 Å². The molecule has 0 saturated heterocycles. The van der Waals surface area contributed by atoms with Crippen LogP contribution in [0.4, 0.5) is 0 Å². The van der Waals surface area contributed by atoms with Gasteiger partial charge in [0.2, 0.25) is 0 Å². The van der Waals surface area contributed by atoms with Gasteiger partial charge < -0.3 is 0 Å². The van der Waals surface area contributed by atoms with E-state index in [1.807, 2.05) is 54.6 Å². The van der Waals surface area contributed by atoms with Crippen LogP contribution in [0.25, 0.3) is 45.3 Å². The average Bonchev–Trinajstić information content (AvgIpc) is 3.55. The fourth-order valence-corrected chi connectivity index (χ4v) is 11.6. The van der Waals surface area contributed by atoms with Gasteiger partial charge in [-0.2, -0.15) is 5.26 Å². The fourth-order valence-electron chi connectivity index (χ4n) is 11.6. The lowest BCUT2D eigenvalue weighted by Crippen LogP contribution is -2.48. The van der Waals surface area contributed by atoms with E-state index in [1.165, 1.54) is 66.3 Å². The molecule has 264 valence electrons. The molecule has 1 aromatic heterocycles. The van der Waals surface area contributed by atoms with Crippen molar-refractivity contribution in [2.24, 2.45) is 17.8 Å². The third-order valence-corrected chi connectivity index (χ3v) is 13.4. The van der Waals surface area contributed by atoms with E-state index < -0.39 is 5.41 Å². The minimum atomic E-state index is -0.539. The quantitative estimate of drug-likeness (QED) is 0.172. The van der Waals surface area contributed by atoms with Gasteiger partial charge in [0.1, 0.15) is 0 Å². The summed E-state index contributed by atoms with van der Waals surface area (Å²) in [5.41, 5.74) is 11.9. The molecule has 5 aliphatic carbocycles. The van der Waals surface area contributed by atoms with Gasteiger partial charge in [-0.05, 0) is 113 Å². The lowest BCUT2D eigenvalue weighted by molar-refractivity contribution is -0.00519. The molecule has 7 aromatic rings. The first-order valence-corrected chi connectivity index (χ1v) is 19.8. The van der Waals surface area contributed by atoms with Crippen molar-refractivity contribution in [3.63, 3.8) is 0 Å². The van der Waals surface area contributed by atoms with Crippen LogP contribution in [0, 0.1) is 29.1 Å². The number of hydrogen-bond acceptors (Lipinski definition) is 4. The minimum absolute atomic E-state index is 0.339. The lowest BCUT2D eigenvalue weighted by atomic mass is 9.48. The molecule has 4 saturated carbocycles. The second kappa shape index (κ2) is 12.4. The zero-order valence-electron chi connectivity index (χ0n) is 30.7. The predicted octanol–water partition coefficient (Wildman–Crippen LogP) is 11.6. The zero-order chi connectivity index (χ0) is 36.6. The Hall–Kier alpha value is -6.18. The van der Waals surface area contributed by atoms with Crippen LogP contribution in [-0.2, 0) is 10.8 Å². The Kier molecular flexibility index (Phi) is 7.29. The van der Waals surface area contributed by atoms with E-state index in [0.29, 0.717) is 28.5 Å². The number of fused-ring (bicyclic) bond motifs is 3. The topological polar surface area (TPSA) is 62.5 Å². The molecule has 6 aromatic carbocycles. The van der Waals surface area contributed by atoms with Crippen molar-refractivity contribution < 1.29 is 0 Å². The third kappa shape index (κ3) is 4.99. The molecule has 4 heteroatoms. The molecule has 0 amide bonds. The highest BCUT2D eigenvalue weighted by atomic mass is 15.0. The summed E-state index contributed by atoms with van der Waals surface area (Å²) in [4.78, 5) is 15.4. The first-order valence-electron chi connectivity index (χ1n) is 19.8. The van der Waals surface area contributed by atoms with E-state index in [0.717, 1.165) is 40.0 Å². The van der Waals surface area contributed by atoms with Crippen molar-refractivity contribution in [3.05, 3.63) is 185 Å². The molecule has 0 radical (unpaired) electrons. The summed E-state index contributed by atoms with van der Waals surface area (Å²) >= 11 is 0. The number of hydrogen-bond donors (Lipinski definition) is 0. The Balaban J connectivity index is 1.13. The Morgan fingerprint density at radius 2 is 1.00 bits per heavy atom. The molecule has 0 spiro atoms. The van der Waals surface area contributed by atoms with Crippen LogP contribution >= 0.6 is 0 Å². The maximum atomic E-state index is 9.74. The molecule has 0 aliphatic heterocycles. The van der Waals surface area contributed by atoms with Gasteiger partial charge in [0.05, 0.1) is 17.0 Å². The van der Waals surface area contributed by atoms with Crippen LogP contribution in [0.5, 0.6) is 0 Å². The first kappa shape index (κ1) is 32.3. The molecular formula is C51H40N4. The largest absolute Gasteiger partial charge is 0.208 e. The minimum Gasteiger partial charge on any atom is -0.208 e. The highest BCUT2D eigenvalue weighted by Gasteiger charge is 2.52. The monoisotopic (exact) mass is 708 g/mol. The molecule has 1 heterocycles. The van der Waals surface area contributed by atoms with Crippen LogP contribution in [-0.4, -0.2) is 15.0 Å². The van der Waals surface area contributed by atoms with E-state index in [-0.39, 0.29) is 0 Å². The van der Waals surface area contributed by atoms with E-state index in [4.69, 9.17) is 15.0 Å². The van der Waals surface area contributed by atoms with Crippen molar-refractivity contribution in [3.8, 4) is 51.4 Å². The molecule has 5 aliphatic rings. The molecular weight excluding hydrogens is 669 g/mol. The number of nitriles is 1. The van der Waals surface area contributed by atoms with E-state index in [1.54, 1.807) is 5.56 Å². The molecule has 4 fully saturated rings. The van der Waals surface area contributed by atoms with E-state index in [2.05, 4.69) is 103 Å². The number of benzene rings is 6. The Morgan fingerprint density at radius 3 is 1.71 bits per heavy atom. The summed E-state index contributed by atoms with van der Waals surface area (Å²) in [6, 6.07) is 56.4. The van der Waals surface area contributed by atoms with Crippen LogP contribution < -0.4 is 0 Å². The summed E-state index contributed by atoms with van der Waals surface area (Å²) in [7, 11) is 0. The van der Waals surface area contributed by atoms with Crippen LogP contribution in [0.15, 0.2) is 152 Å². The molecule has 1 atom stereocenters. The second-order valence-electron chi connectivity index (χ2n) is 16.5. The summed E-state index contributed by atoms with van der Waals surface area (Å²) in [5.74, 6) is 4.46. The van der Waals surface area contributed by atoms with Gasteiger partial charge in [-0.1, -0.05) is 140 Å². The third-order valence-electron chi connectivity index (χ3n) is 13.4. The van der Waals surface area contributed by atoms with Crippen molar-refractivity contribution in [2.75, 3.05) is 0 Å². The number of rotatable bonds is 6. The summed E-state index contributed by atoms with van der Waals surface area (Å²) < 4.78 is 0. The molecule has 0 N–H and O–H groups in total. The van der Waals surface area contributed by atoms with Gasteiger partial charge in [-0.25, -0.2) is 15.0 Å². The summed E-state index contributed by atoms with van der Waals surface area (Å²) in [5, 5.41) is 9.74. The maximum absolute atomic E-state index is 9.74. The van der Waals surface area contributed by atoms with Crippen molar-refractivity contribution in [2.45, 2.75) is 49.4 Å². The smallest absolute Gasteiger partial charge is 0.164 e. The predicted molar refractivity (Wildman–Crippen MR) is 218 cm³/mol. The highest BCUT2D eigenvalue weighted by molar-refractivity contribution is 5.94. The lowest BCUT2D eigenvalue weighted by Gasteiger charge is -2.57. The first-order chi connectivity index (χ1) is 27.1. The molecule has 55 heavy (non-hydrogen) atoms. The molecule has 4 nitrogen and oxygen atoms in total. The highest BCUT2D eigenvalue weighted by Crippen LogP contribution is 2.62. The SMILES string of the molecule is N#Cc1cccc(-c2nc(-c3ccccc3)nc(-c3cccc4c3-c3ccccc3C4(c3ccccc3)c3ccc(C45CC6CC(CC(C6)C4)C5)cc3)n2)c1. The van der Waals surface area contributed by atoms with Gasteiger partial charge in [-0.15, -0.1) is 0 Å². The Bertz CT molecular complexity index is 2600. The van der Waals surface area contributed by atoms with Gasteiger partial charge >= 0.3 is 0 Å². The number of aromatic nitrogens is 3. The van der Waals surface area contributed by atoms with E-state index >= 15 is 0 Å². The van der Waals surface area contributed by atoms with Crippen molar-refractivity contribution in [1.29, 1.82) is 5.26 Å². The van der Waals surface area contributed by atoms with E-state index in [9.17, 15) is 5.26 Å². The van der Waals surface area contributed by atoms with Crippen LogP contribution in [0.2, 0.25) is 0 Å². The fraction of sp³-hybridized carbons (Fsp3) is 0.216. The van der Waals surface area contributed by atoms with Crippen LogP contribution in [0.3, 0.4) is 0 Å². The van der Waals surface area contributed by atoms with Gasteiger partial charge in [-0.3, -0.25) is 0 Å². The normalized spacial score (nSPS) is 24.2. The summed E-state index contributed by atoms with van der Waals surface area (Å²) in [6.45, 7) is 0. The average molecular weight is 709 g/mol. The zero-order valence-corrected chi connectivity index (χ0v) is 30.7. The summed E-state index contributed by atoms with van der Waals surface area (Å²) in [6.07, 6.45) is 8.43. The standard InChI is InChI=1S/C51H40N4/c52-32-33-11-9-14-38(28-33)48-53-47(37-12-3-1-4-13-37)54-49(55-48)43-18-10-20-45-46(43)42-17-7-8-19-44(42)51(45,40-15-5-2-6-16-40)41-23-21-39(22-24-41)50-29-34-25-35(30-50)27-36(26-34)31-50/h1-24,28,34-36H,25-27,29-31H2. The van der Waals surface area contributed by atoms with Crippen molar-refractivity contribution in [1.82, 2.24) is 15.0 Å². The molecule has 12 rings (SSSR count). The number of nitrogens with zero attached hydrogens (tertiary/aromatic N) is 4. The van der Waals surface area contributed by atoms with Gasteiger partial charge in [0, 0.05) is 16.7 Å². The van der Waals surface area contributed by atoms with Gasteiger partial charge in [0.15, 0.2) is 17.5 Å². The molecule has 4 bridgehead atoms. The van der Waals surface area contributed by atoms with Gasteiger partial charge in [0.25, 0.3) is 0 Å².